The highest BCUT2D eigenvalue weighted by molar-refractivity contribution is 5.92. The van der Waals surface area contributed by atoms with E-state index in [1.807, 2.05) is 0 Å². The van der Waals surface area contributed by atoms with Crippen molar-refractivity contribution in [3.05, 3.63) is 17.3 Å². The molecule has 1 rings (SSSR count). The monoisotopic (exact) mass is 239 g/mol. The Bertz CT molecular complexity index is 385. The van der Waals surface area contributed by atoms with Gasteiger partial charge in [0.2, 0.25) is 5.76 Å². The summed E-state index contributed by atoms with van der Waals surface area (Å²) in [7, 11) is 0. The third-order valence-electron chi connectivity index (χ3n) is 2.49. The summed E-state index contributed by atoms with van der Waals surface area (Å²) in [6.07, 6.45) is 0.856. The Morgan fingerprint density at radius 3 is 2.53 bits per heavy atom. The predicted octanol–water partition coefficient (Wildman–Crippen LogP) is 1.39. The van der Waals surface area contributed by atoms with Crippen LogP contribution >= 0.6 is 0 Å². The summed E-state index contributed by atoms with van der Waals surface area (Å²) in [5, 5.41) is 2.87. The minimum atomic E-state index is -0.237. The number of nitrogens with one attached hydrogen (secondary N) is 1. The molecule has 3 N–H and O–H groups in total. The van der Waals surface area contributed by atoms with Crippen molar-refractivity contribution in [1.29, 1.82) is 0 Å². The number of hydrogen-bond acceptors (Lipinski definition) is 4. The number of amides is 1. The van der Waals surface area contributed by atoms with Crippen LogP contribution in [0.1, 0.15) is 42.4 Å². The van der Waals surface area contributed by atoms with Crippen molar-refractivity contribution in [2.24, 2.45) is 11.7 Å². The van der Waals surface area contributed by atoms with Crippen LogP contribution in [-0.2, 0) is 0 Å². The molecule has 0 aliphatic rings. The third-order valence-corrected chi connectivity index (χ3v) is 2.49. The zero-order chi connectivity index (χ0) is 13.0. The van der Waals surface area contributed by atoms with E-state index in [1.54, 1.807) is 13.8 Å². The van der Waals surface area contributed by atoms with Gasteiger partial charge in [0.05, 0.1) is 5.69 Å². The minimum Gasteiger partial charge on any atom is -0.436 e. The third kappa shape index (κ3) is 3.85. The van der Waals surface area contributed by atoms with Crippen LogP contribution < -0.4 is 11.1 Å². The molecular formula is C12H21N3O2. The van der Waals surface area contributed by atoms with E-state index >= 15 is 0 Å². The van der Waals surface area contributed by atoms with E-state index in [0.717, 1.165) is 6.42 Å². The van der Waals surface area contributed by atoms with Crippen molar-refractivity contribution in [2.45, 2.75) is 40.2 Å². The standard InChI is InChI=1S/C12H21N3O2/c1-7(2)5-10(6-13)15-12(16)11-8(3)14-9(4)17-11/h7,10H,5-6,13H2,1-4H3,(H,15,16). The zero-order valence-corrected chi connectivity index (χ0v) is 10.9. The minimum absolute atomic E-state index is 0.0210. The van der Waals surface area contributed by atoms with Gasteiger partial charge in [-0.15, -0.1) is 0 Å². The molecule has 5 nitrogen and oxygen atoms in total. The number of rotatable bonds is 5. The number of aromatic nitrogens is 1. The van der Waals surface area contributed by atoms with Crippen LogP contribution in [-0.4, -0.2) is 23.5 Å². The van der Waals surface area contributed by atoms with Crippen molar-refractivity contribution in [3.8, 4) is 0 Å². The number of oxazole rings is 1. The SMILES string of the molecule is Cc1nc(C)c(C(=O)NC(CN)CC(C)C)o1. The topological polar surface area (TPSA) is 81.2 Å². The molecule has 0 fully saturated rings. The quantitative estimate of drug-likeness (QED) is 0.813. The normalized spacial score (nSPS) is 12.8. The fraction of sp³-hybridized carbons (Fsp3) is 0.667. The smallest absolute Gasteiger partial charge is 0.289 e. The molecule has 96 valence electrons. The lowest BCUT2D eigenvalue weighted by Gasteiger charge is -2.18. The van der Waals surface area contributed by atoms with E-state index in [-0.39, 0.29) is 17.7 Å². The lowest BCUT2D eigenvalue weighted by Crippen LogP contribution is -2.41. The molecule has 17 heavy (non-hydrogen) atoms. The second-order valence-electron chi connectivity index (χ2n) is 4.68. The molecule has 0 saturated carbocycles. The van der Waals surface area contributed by atoms with Gasteiger partial charge < -0.3 is 15.5 Å². The van der Waals surface area contributed by atoms with E-state index < -0.39 is 0 Å². The van der Waals surface area contributed by atoms with Gasteiger partial charge >= 0.3 is 0 Å². The van der Waals surface area contributed by atoms with E-state index in [2.05, 4.69) is 24.1 Å². The Labute approximate surface area is 102 Å². The van der Waals surface area contributed by atoms with Gasteiger partial charge in [-0.3, -0.25) is 4.79 Å². The summed E-state index contributed by atoms with van der Waals surface area (Å²) in [6, 6.07) is -0.0210. The maximum Gasteiger partial charge on any atom is 0.289 e. The van der Waals surface area contributed by atoms with Crippen LogP contribution in [0.4, 0.5) is 0 Å². The van der Waals surface area contributed by atoms with Crippen LogP contribution in [0.25, 0.3) is 0 Å². The van der Waals surface area contributed by atoms with Crippen LogP contribution in [0.5, 0.6) is 0 Å². The summed E-state index contributed by atoms with van der Waals surface area (Å²) >= 11 is 0. The van der Waals surface area contributed by atoms with Crippen LogP contribution in [0.15, 0.2) is 4.42 Å². The Balaban J connectivity index is 2.67. The van der Waals surface area contributed by atoms with Crippen molar-refractivity contribution in [1.82, 2.24) is 10.3 Å². The molecule has 5 heteroatoms. The van der Waals surface area contributed by atoms with Gasteiger partial charge in [-0.2, -0.15) is 0 Å². The van der Waals surface area contributed by atoms with Gasteiger partial charge in [0.1, 0.15) is 0 Å². The summed E-state index contributed by atoms with van der Waals surface area (Å²) in [6.45, 7) is 8.09. The Morgan fingerprint density at radius 1 is 1.47 bits per heavy atom. The molecular weight excluding hydrogens is 218 g/mol. The first-order chi connectivity index (χ1) is 7.93. The van der Waals surface area contributed by atoms with Gasteiger partial charge in [-0.1, -0.05) is 13.8 Å². The highest BCUT2D eigenvalue weighted by atomic mass is 16.4. The molecule has 0 spiro atoms. The van der Waals surface area contributed by atoms with Crippen molar-refractivity contribution < 1.29 is 9.21 Å². The molecule has 1 unspecified atom stereocenters. The first kappa shape index (κ1) is 13.7. The van der Waals surface area contributed by atoms with Crippen molar-refractivity contribution in [3.63, 3.8) is 0 Å². The molecule has 0 aliphatic heterocycles. The van der Waals surface area contributed by atoms with Gasteiger partial charge in [-0.05, 0) is 19.3 Å². The molecule has 1 heterocycles. The van der Waals surface area contributed by atoms with E-state index in [1.165, 1.54) is 0 Å². The van der Waals surface area contributed by atoms with Gasteiger partial charge in [0, 0.05) is 19.5 Å². The number of aryl methyl sites for hydroxylation is 2. The molecule has 1 atom stereocenters. The average Bonchev–Trinajstić information content (AvgIpc) is 2.56. The second-order valence-corrected chi connectivity index (χ2v) is 4.68. The number of hydrogen-bond donors (Lipinski definition) is 2. The average molecular weight is 239 g/mol. The summed E-state index contributed by atoms with van der Waals surface area (Å²) < 4.78 is 5.26. The molecule has 1 aromatic heterocycles. The highest BCUT2D eigenvalue weighted by Crippen LogP contribution is 2.10. The van der Waals surface area contributed by atoms with E-state index in [4.69, 9.17) is 10.2 Å². The van der Waals surface area contributed by atoms with Crippen LogP contribution in [0, 0.1) is 19.8 Å². The van der Waals surface area contributed by atoms with Gasteiger partial charge in [0.15, 0.2) is 5.89 Å². The number of nitrogens with zero attached hydrogens (tertiary/aromatic N) is 1. The van der Waals surface area contributed by atoms with E-state index in [9.17, 15) is 4.79 Å². The van der Waals surface area contributed by atoms with Gasteiger partial charge in [0.25, 0.3) is 5.91 Å². The van der Waals surface area contributed by atoms with Gasteiger partial charge in [-0.25, -0.2) is 4.98 Å². The fourth-order valence-corrected chi connectivity index (χ4v) is 1.78. The number of carbonyl (C=O) groups is 1. The lowest BCUT2D eigenvalue weighted by atomic mass is 10.0. The van der Waals surface area contributed by atoms with E-state index in [0.29, 0.717) is 24.0 Å². The first-order valence-corrected chi connectivity index (χ1v) is 5.89. The highest BCUT2D eigenvalue weighted by Gasteiger charge is 2.19. The molecule has 1 aromatic rings. The largest absolute Gasteiger partial charge is 0.436 e. The maximum absolute atomic E-state index is 11.9. The van der Waals surface area contributed by atoms with Crippen LogP contribution in [0.2, 0.25) is 0 Å². The summed E-state index contributed by atoms with van der Waals surface area (Å²) in [5.74, 6) is 1.03. The molecule has 0 aromatic carbocycles. The fourth-order valence-electron chi connectivity index (χ4n) is 1.78. The number of carbonyl (C=O) groups excluding carboxylic acids is 1. The zero-order valence-electron chi connectivity index (χ0n) is 10.9. The molecule has 0 radical (unpaired) electrons. The maximum atomic E-state index is 11.9. The summed E-state index contributed by atoms with van der Waals surface area (Å²) in [4.78, 5) is 16.0. The Morgan fingerprint density at radius 2 is 2.12 bits per heavy atom. The second kappa shape index (κ2) is 5.82. The molecule has 1 amide bonds. The number of nitrogens with two attached hydrogens (primary N) is 1. The molecule has 0 aliphatic carbocycles. The Kier molecular flexibility index (Phi) is 4.69. The lowest BCUT2D eigenvalue weighted by molar-refractivity contribution is 0.0903. The van der Waals surface area contributed by atoms with Crippen LogP contribution in [0.3, 0.4) is 0 Å². The van der Waals surface area contributed by atoms with Crippen molar-refractivity contribution >= 4 is 5.91 Å². The molecule has 0 saturated heterocycles. The summed E-state index contributed by atoms with van der Waals surface area (Å²) in [5.41, 5.74) is 6.24. The Hall–Kier alpha value is -1.36. The predicted molar refractivity (Wildman–Crippen MR) is 65.7 cm³/mol. The van der Waals surface area contributed by atoms with Crippen molar-refractivity contribution in [2.75, 3.05) is 6.54 Å². The molecule has 0 bridgehead atoms. The first-order valence-electron chi connectivity index (χ1n) is 5.89.